The quantitative estimate of drug-likeness (QED) is 0.838. The first kappa shape index (κ1) is 16.6. The molecular weight excluding hydrogens is 302 g/mol. The molecule has 0 aromatic heterocycles. The molecule has 1 saturated heterocycles. The summed E-state index contributed by atoms with van der Waals surface area (Å²) < 4.78 is 0. The minimum absolute atomic E-state index is 0.00227. The third-order valence-electron chi connectivity index (χ3n) is 5.03. The molecule has 5 nitrogen and oxygen atoms in total. The molecule has 3 N–H and O–H groups in total. The van der Waals surface area contributed by atoms with Crippen molar-refractivity contribution in [2.75, 3.05) is 24.1 Å². The van der Waals surface area contributed by atoms with Crippen LogP contribution in [0.25, 0.3) is 5.57 Å². The number of nitrogens with two attached hydrogens (primary N) is 1. The van der Waals surface area contributed by atoms with Crippen molar-refractivity contribution in [2.45, 2.75) is 39.0 Å². The van der Waals surface area contributed by atoms with Crippen molar-refractivity contribution in [3.63, 3.8) is 0 Å². The summed E-state index contributed by atoms with van der Waals surface area (Å²) in [5.41, 5.74) is 9.80. The van der Waals surface area contributed by atoms with Crippen LogP contribution in [0.5, 0.6) is 0 Å². The van der Waals surface area contributed by atoms with Gasteiger partial charge in [-0.3, -0.25) is 9.59 Å². The lowest BCUT2D eigenvalue weighted by molar-refractivity contribution is -0.132. The fourth-order valence-electron chi connectivity index (χ4n) is 3.49. The van der Waals surface area contributed by atoms with E-state index in [0.29, 0.717) is 37.3 Å². The maximum Gasteiger partial charge on any atom is 0.227 e. The fraction of sp³-hybridized carbons (Fsp3) is 0.474. The highest BCUT2D eigenvalue weighted by Crippen LogP contribution is 2.31. The van der Waals surface area contributed by atoms with Gasteiger partial charge in [0.25, 0.3) is 0 Å². The third-order valence-corrected chi connectivity index (χ3v) is 5.03. The van der Waals surface area contributed by atoms with Gasteiger partial charge in [-0.25, -0.2) is 0 Å². The van der Waals surface area contributed by atoms with Crippen molar-refractivity contribution in [1.82, 2.24) is 4.90 Å². The smallest absolute Gasteiger partial charge is 0.227 e. The van der Waals surface area contributed by atoms with Crippen LogP contribution >= 0.6 is 0 Å². The monoisotopic (exact) mass is 327 g/mol. The van der Waals surface area contributed by atoms with Crippen molar-refractivity contribution in [3.8, 4) is 0 Å². The lowest BCUT2D eigenvalue weighted by Crippen LogP contribution is -2.40. The number of hydrogen-bond acceptors (Lipinski definition) is 3. The van der Waals surface area contributed by atoms with Gasteiger partial charge in [0, 0.05) is 25.9 Å². The summed E-state index contributed by atoms with van der Waals surface area (Å²) in [4.78, 5) is 25.7. The highest BCUT2D eigenvalue weighted by atomic mass is 16.2. The summed E-state index contributed by atoms with van der Waals surface area (Å²) in [6.45, 7) is 2.87. The van der Waals surface area contributed by atoms with Crippen molar-refractivity contribution < 1.29 is 9.59 Å². The molecule has 3 rings (SSSR count). The van der Waals surface area contributed by atoms with Crippen LogP contribution < -0.4 is 11.1 Å². The van der Waals surface area contributed by atoms with Crippen LogP contribution in [-0.4, -0.2) is 29.8 Å². The van der Waals surface area contributed by atoms with Gasteiger partial charge in [0.1, 0.15) is 0 Å². The summed E-state index contributed by atoms with van der Waals surface area (Å²) in [5, 5.41) is 2.99. The van der Waals surface area contributed by atoms with Crippen molar-refractivity contribution in [2.24, 2.45) is 5.92 Å². The number of amides is 2. The summed E-state index contributed by atoms with van der Waals surface area (Å²) >= 11 is 0. The van der Waals surface area contributed by atoms with Crippen LogP contribution in [0.15, 0.2) is 24.3 Å². The predicted molar refractivity (Wildman–Crippen MR) is 96.3 cm³/mol. The van der Waals surface area contributed by atoms with Gasteiger partial charge in [0.05, 0.1) is 11.4 Å². The Morgan fingerprint density at radius 2 is 2.00 bits per heavy atom. The minimum Gasteiger partial charge on any atom is -0.397 e. The Morgan fingerprint density at radius 1 is 1.25 bits per heavy atom. The molecule has 2 amide bonds. The first-order valence-electron chi connectivity index (χ1n) is 8.70. The number of nitrogens with one attached hydrogen (secondary N) is 1. The van der Waals surface area contributed by atoms with E-state index in [-0.39, 0.29) is 17.7 Å². The Hall–Kier alpha value is -2.30. The van der Waals surface area contributed by atoms with E-state index >= 15 is 0 Å². The highest BCUT2D eigenvalue weighted by Gasteiger charge is 2.26. The maximum absolute atomic E-state index is 12.5. The zero-order valence-corrected chi connectivity index (χ0v) is 14.2. The van der Waals surface area contributed by atoms with Crippen LogP contribution in [0.4, 0.5) is 11.4 Å². The van der Waals surface area contributed by atoms with Crippen LogP contribution in [0.2, 0.25) is 0 Å². The highest BCUT2D eigenvalue weighted by molar-refractivity contribution is 5.96. The van der Waals surface area contributed by atoms with E-state index in [1.54, 1.807) is 11.8 Å². The Balaban J connectivity index is 1.66. The number of carbonyl (C=O) groups excluding carboxylic acids is 2. The fourth-order valence-corrected chi connectivity index (χ4v) is 3.49. The molecule has 5 heteroatoms. The second-order valence-corrected chi connectivity index (χ2v) is 6.69. The van der Waals surface area contributed by atoms with E-state index in [1.165, 1.54) is 12.0 Å². The lowest BCUT2D eigenvalue weighted by atomic mass is 9.95. The van der Waals surface area contributed by atoms with E-state index < -0.39 is 0 Å². The standard InChI is InChI=1S/C19H25N3O2/c1-13(23)22-10-8-15(9-11-22)19(24)21-18-12-16(6-7-17(18)20)14-4-2-3-5-14/h4,6-7,12,15H,2-3,5,8-11,20H2,1H3,(H,21,24). The van der Waals surface area contributed by atoms with E-state index in [0.717, 1.165) is 18.4 Å². The van der Waals surface area contributed by atoms with E-state index in [2.05, 4.69) is 11.4 Å². The van der Waals surface area contributed by atoms with Gasteiger partial charge >= 0.3 is 0 Å². The van der Waals surface area contributed by atoms with Crippen LogP contribution in [0.1, 0.15) is 44.6 Å². The maximum atomic E-state index is 12.5. The van der Waals surface area contributed by atoms with E-state index in [1.807, 2.05) is 18.2 Å². The van der Waals surface area contributed by atoms with Gasteiger partial charge < -0.3 is 16.0 Å². The molecule has 128 valence electrons. The topological polar surface area (TPSA) is 75.4 Å². The second kappa shape index (κ2) is 7.07. The molecule has 0 atom stereocenters. The van der Waals surface area contributed by atoms with Crippen LogP contribution in [-0.2, 0) is 9.59 Å². The molecule has 2 aliphatic rings. The number of rotatable bonds is 3. The summed E-state index contributed by atoms with van der Waals surface area (Å²) in [6.07, 6.45) is 7.06. The van der Waals surface area contributed by atoms with E-state index in [4.69, 9.17) is 5.73 Å². The number of piperidine rings is 1. The minimum atomic E-state index is -0.0608. The molecule has 0 spiro atoms. The van der Waals surface area contributed by atoms with Crippen molar-refractivity contribution >= 4 is 28.8 Å². The number of likely N-dealkylation sites (tertiary alicyclic amines) is 1. The Bertz CT molecular complexity index is 673. The van der Waals surface area contributed by atoms with Gasteiger partial charge in [-0.2, -0.15) is 0 Å². The number of anilines is 2. The number of hydrogen-bond donors (Lipinski definition) is 2. The van der Waals surface area contributed by atoms with Crippen LogP contribution in [0.3, 0.4) is 0 Å². The molecule has 0 radical (unpaired) electrons. The Kier molecular flexibility index (Phi) is 4.88. The number of nitrogen functional groups attached to an aromatic ring is 1. The molecule has 1 aliphatic carbocycles. The summed E-state index contributed by atoms with van der Waals surface area (Å²) in [6, 6.07) is 5.87. The van der Waals surface area contributed by atoms with Gasteiger partial charge in [0.2, 0.25) is 11.8 Å². The molecular formula is C19H25N3O2. The third kappa shape index (κ3) is 3.61. The number of benzene rings is 1. The number of nitrogens with zero attached hydrogens (tertiary/aromatic N) is 1. The van der Waals surface area contributed by atoms with Crippen molar-refractivity contribution in [3.05, 3.63) is 29.8 Å². The molecule has 0 saturated carbocycles. The second-order valence-electron chi connectivity index (χ2n) is 6.69. The first-order chi connectivity index (χ1) is 11.5. The Labute approximate surface area is 142 Å². The normalized spacial score (nSPS) is 18.4. The summed E-state index contributed by atoms with van der Waals surface area (Å²) in [5.74, 6) is 0.0208. The summed E-state index contributed by atoms with van der Waals surface area (Å²) in [7, 11) is 0. The number of allylic oxidation sites excluding steroid dienone is 2. The Morgan fingerprint density at radius 3 is 2.62 bits per heavy atom. The van der Waals surface area contributed by atoms with Gasteiger partial charge in [-0.15, -0.1) is 0 Å². The number of carbonyl (C=O) groups is 2. The lowest BCUT2D eigenvalue weighted by Gasteiger charge is -2.30. The van der Waals surface area contributed by atoms with Gasteiger partial charge in [-0.05, 0) is 55.4 Å². The molecule has 0 unspecified atom stereocenters. The molecule has 1 aromatic rings. The average molecular weight is 327 g/mol. The van der Waals surface area contributed by atoms with Crippen LogP contribution in [0, 0.1) is 5.92 Å². The first-order valence-corrected chi connectivity index (χ1v) is 8.70. The van der Waals surface area contributed by atoms with Gasteiger partial charge in [-0.1, -0.05) is 12.1 Å². The molecule has 1 aliphatic heterocycles. The predicted octanol–water partition coefficient (Wildman–Crippen LogP) is 3.03. The zero-order valence-electron chi connectivity index (χ0n) is 14.2. The molecule has 1 aromatic carbocycles. The molecule has 1 heterocycles. The molecule has 1 fully saturated rings. The molecule has 24 heavy (non-hydrogen) atoms. The average Bonchev–Trinajstić information content (AvgIpc) is 3.11. The zero-order chi connectivity index (χ0) is 17.1. The largest absolute Gasteiger partial charge is 0.397 e. The van der Waals surface area contributed by atoms with E-state index in [9.17, 15) is 9.59 Å². The van der Waals surface area contributed by atoms with Crippen molar-refractivity contribution in [1.29, 1.82) is 0 Å². The molecule has 0 bridgehead atoms. The SMILES string of the molecule is CC(=O)N1CCC(C(=O)Nc2cc(C3=CCCC3)ccc2N)CC1. The van der Waals surface area contributed by atoms with Gasteiger partial charge in [0.15, 0.2) is 0 Å².